The molecule has 0 aliphatic carbocycles. The number of ether oxygens (including phenoxy) is 1. The van der Waals surface area contributed by atoms with Crippen LogP contribution in [0.1, 0.15) is 24.0 Å². The SMILES string of the molecule is Cn1c(=O)c(C#N)c(N2CCC(Oc3cccc(C(F)(F)F)c3)CC2)c2nc(Cl)ccc21. The largest absolute Gasteiger partial charge is 0.490 e. The van der Waals surface area contributed by atoms with Crippen LogP contribution in [-0.4, -0.2) is 28.7 Å². The van der Waals surface area contributed by atoms with Crippen LogP contribution in [0.3, 0.4) is 0 Å². The lowest BCUT2D eigenvalue weighted by Gasteiger charge is -2.34. The summed E-state index contributed by atoms with van der Waals surface area (Å²) in [6.45, 7) is 0.879. The Morgan fingerprint density at radius 3 is 2.59 bits per heavy atom. The van der Waals surface area contributed by atoms with Crippen molar-refractivity contribution in [2.45, 2.75) is 25.1 Å². The van der Waals surface area contributed by atoms with Gasteiger partial charge in [-0.1, -0.05) is 17.7 Å². The van der Waals surface area contributed by atoms with Crippen molar-refractivity contribution in [2.75, 3.05) is 18.0 Å². The van der Waals surface area contributed by atoms with Gasteiger partial charge >= 0.3 is 6.18 Å². The number of benzene rings is 1. The van der Waals surface area contributed by atoms with E-state index in [0.29, 0.717) is 42.7 Å². The summed E-state index contributed by atoms with van der Waals surface area (Å²) in [7, 11) is 1.57. The van der Waals surface area contributed by atoms with Gasteiger partial charge in [0.1, 0.15) is 34.2 Å². The van der Waals surface area contributed by atoms with E-state index in [2.05, 4.69) is 4.98 Å². The maximum atomic E-state index is 12.9. The summed E-state index contributed by atoms with van der Waals surface area (Å²) in [5, 5.41) is 9.89. The molecule has 0 saturated carbocycles. The molecule has 0 N–H and O–H groups in total. The number of fused-ring (bicyclic) bond motifs is 1. The Balaban J connectivity index is 1.59. The summed E-state index contributed by atoms with van der Waals surface area (Å²) in [6.07, 6.45) is -3.74. The Kier molecular flexibility index (Phi) is 5.73. The molecule has 0 unspecified atom stereocenters. The Morgan fingerprint density at radius 1 is 1.22 bits per heavy atom. The van der Waals surface area contributed by atoms with Gasteiger partial charge in [0.15, 0.2) is 0 Å². The number of pyridine rings is 2. The minimum absolute atomic E-state index is 0.0213. The summed E-state index contributed by atoms with van der Waals surface area (Å²) >= 11 is 6.08. The van der Waals surface area contributed by atoms with E-state index in [4.69, 9.17) is 16.3 Å². The van der Waals surface area contributed by atoms with Crippen molar-refractivity contribution in [3.8, 4) is 11.8 Å². The lowest BCUT2D eigenvalue weighted by Crippen LogP contribution is -2.40. The second-order valence-electron chi connectivity index (χ2n) is 7.53. The van der Waals surface area contributed by atoms with Crippen molar-refractivity contribution in [3.05, 3.63) is 63.0 Å². The van der Waals surface area contributed by atoms with Gasteiger partial charge in [-0.3, -0.25) is 4.79 Å². The van der Waals surface area contributed by atoms with E-state index in [1.807, 2.05) is 11.0 Å². The third kappa shape index (κ3) is 4.10. The van der Waals surface area contributed by atoms with E-state index in [-0.39, 0.29) is 22.6 Å². The number of nitriles is 1. The van der Waals surface area contributed by atoms with Crippen LogP contribution < -0.4 is 15.2 Å². The first kappa shape index (κ1) is 22.0. The molecule has 0 atom stereocenters. The molecular weight excluding hydrogens is 445 g/mol. The molecule has 1 aromatic carbocycles. The number of rotatable bonds is 3. The summed E-state index contributed by atoms with van der Waals surface area (Å²) in [6, 6.07) is 10.0. The first-order valence-corrected chi connectivity index (χ1v) is 10.2. The van der Waals surface area contributed by atoms with Crippen LogP contribution in [0.25, 0.3) is 11.0 Å². The second kappa shape index (κ2) is 8.36. The summed E-state index contributed by atoms with van der Waals surface area (Å²) in [5.41, 5.74) is 0.212. The fourth-order valence-corrected chi connectivity index (χ4v) is 4.06. The summed E-state index contributed by atoms with van der Waals surface area (Å²) in [5.74, 6) is 0.156. The average Bonchev–Trinajstić information content (AvgIpc) is 2.76. The van der Waals surface area contributed by atoms with E-state index in [0.717, 1.165) is 12.1 Å². The molecule has 1 aliphatic rings. The molecule has 32 heavy (non-hydrogen) atoms. The highest BCUT2D eigenvalue weighted by Crippen LogP contribution is 2.33. The number of aromatic nitrogens is 2. The molecular formula is C22H18ClF3N4O2. The predicted octanol–water partition coefficient (Wildman–Crippen LogP) is 4.53. The van der Waals surface area contributed by atoms with E-state index in [1.165, 1.54) is 16.7 Å². The van der Waals surface area contributed by atoms with Crippen LogP contribution in [0.15, 0.2) is 41.2 Å². The van der Waals surface area contributed by atoms with Gasteiger partial charge in [-0.15, -0.1) is 0 Å². The Morgan fingerprint density at radius 2 is 1.94 bits per heavy atom. The number of nitrogens with zero attached hydrogens (tertiary/aromatic N) is 4. The van der Waals surface area contributed by atoms with Crippen molar-refractivity contribution in [1.29, 1.82) is 5.26 Å². The van der Waals surface area contributed by atoms with Crippen molar-refractivity contribution in [2.24, 2.45) is 7.05 Å². The highest BCUT2D eigenvalue weighted by Gasteiger charge is 2.31. The van der Waals surface area contributed by atoms with Gasteiger partial charge in [-0.05, 0) is 30.3 Å². The molecule has 0 bridgehead atoms. The van der Waals surface area contributed by atoms with Crippen LogP contribution in [0.2, 0.25) is 5.15 Å². The zero-order chi connectivity index (χ0) is 23.0. The average molecular weight is 463 g/mol. The smallest absolute Gasteiger partial charge is 0.416 e. The topological polar surface area (TPSA) is 71.2 Å². The predicted molar refractivity (Wildman–Crippen MR) is 114 cm³/mol. The van der Waals surface area contributed by atoms with Crippen LogP contribution >= 0.6 is 11.6 Å². The van der Waals surface area contributed by atoms with Crippen LogP contribution in [-0.2, 0) is 13.2 Å². The lowest BCUT2D eigenvalue weighted by atomic mass is 10.0. The molecule has 166 valence electrons. The summed E-state index contributed by atoms with van der Waals surface area (Å²) in [4.78, 5) is 19.0. The van der Waals surface area contributed by atoms with Crippen molar-refractivity contribution in [3.63, 3.8) is 0 Å². The van der Waals surface area contributed by atoms with Crippen LogP contribution in [0, 0.1) is 11.3 Å². The van der Waals surface area contributed by atoms with Crippen LogP contribution in [0.4, 0.5) is 18.9 Å². The molecule has 0 spiro atoms. The highest BCUT2D eigenvalue weighted by molar-refractivity contribution is 6.29. The maximum absolute atomic E-state index is 12.9. The molecule has 0 amide bonds. The normalized spacial score (nSPS) is 15.1. The maximum Gasteiger partial charge on any atom is 0.416 e. The molecule has 1 saturated heterocycles. The van der Waals surface area contributed by atoms with Crippen LogP contribution in [0.5, 0.6) is 5.75 Å². The number of hydrogen-bond donors (Lipinski definition) is 0. The van der Waals surface area contributed by atoms with Gasteiger partial charge < -0.3 is 14.2 Å². The molecule has 2 aromatic heterocycles. The first-order valence-electron chi connectivity index (χ1n) is 9.87. The van der Waals surface area contributed by atoms with E-state index in [9.17, 15) is 23.2 Å². The van der Waals surface area contributed by atoms with Gasteiger partial charge in [-0.25, -0.2) is 4.98 Å². The number of piperidine rings is 1. The van der Waals surface area contributed by atoms with Gasteiger partial charge in [0.2, 0.25) is 0 Å². The van der Waals surface area contributed by atoms with E-state index >= 15 is 0 Å². The van der Waals surface area contributed by atoms with Crippen molar-refractivity contribution >= 4 is 28.3 Å². The lowest BCUT2D eigenvalue weighted by molar-refractivity contribution is -0.137. The van der Waals surface area contributed by atoms with Gasteiger partial charge in [0.25, 0.3) is 5.56 Å². The number of alkyl halides is 3. The van der Waals surface area contributed by atoms with E-state index in [1.54, 1.807) is 19.2 Å². The number of aryl methyl sites for hydroxylation is 1. The number of hydrogen-bond acceptors (Lipinski definition) is 5. The zero-order valence-electron chi connectivity index (χ0n) is 17.0. The molecule has 1 aliphatic heterocycles. The standard InChI is InChI=1S/C22H18ClF3N4O2/c1-29-17-5-6-18(23)28-19(17)20(16(12-27)21(29)31)30-9-7-14(8-10-30)32-15-4-2-3-13(11-15)22(24,25)26/h2-6,11,14H,7-10H2,1H3. The Bertz CT molecular complexity index is 1280. The third-order valence-corrected chi connectivity index (χ3v) is 5.73. The first-order chi connectivity index (χ1) is 15.2. The molecule has 6 nitrogen and oxygen atoms in total. The Hall–Kier alpha value is -3.25. The fraction of sp³-hybridized carbons (Fsp3) is 0.318. The van der Waals surface area contributed by atoms with Gasteiger partial charge in [0, 0.05) is 33.0 Å². The fourth-order valence-electron chi connectivity index (χ4n) is 3.91. The zero-order valence-corrected chi connectivity index (χ0v) is 17.7. The quantitative estimate of drug-likeness (QED) is 0.535. The van der Waals surface area contributed by atoms with Gasteiger partial charge in [0.05, 0.1) is 16.8 Å². The molecule has 1 fully saturated rings. The summed E-state index contributed by atoms with van der Waals surface area (Å²) < 4.78 is 46.0. The molecule has 3 heterocycles. The Labute approximate surface area is 186 Å². The van der Waals surface area contributed by atoms with Gasteiger partial charge in [-0.2, -0.15) is 18.4 Å². The van der Waals surface area contributed by atoms with Crippen molar-refractivity contribution in [1.82, 2.24) is 9.55 Å². The third-order valence-electron chi connectivity index (χ3n) is 5.52. The van der Waals surface area contributed by atoms with E-state index < -0.39 is 17.3 Å². The second-order valence-corrected chi connectivity index (χ2v) is 7.92. The number of halogens is 4. The number of anilines is 1. The van der Waals surface area contributed by atoms with Crippen molar-refractivity contribution < 1.29 is 17.9 Å². The highest BCUT2D eigenvalue weighted by atomic mass is 35.5. The molecule has 0 radical (unpaired) electrons. The molecule has 3 aromatic rings. The molecule has 4 rings (SSSR count). The molecule has 10 heteroatoms. The minimum atomic E-state index is -4.44. The monoisotopic (exact) mass is 462 g/mol. The minimum Gasteiger partial charge on any atom is -0.490 e.